The highest BCUT2D eigenvalue weighted by Crippen LogP contribution is 2.77. The maximum absolute atomic E-state index is 15.0. The molecule has 3 saturated carbocycles. The number of aliphatic hydroxyl groups excluding tert-OH is 3. The Morgan fingerprint density at radius 2 is 1.80 bits per heavy atom. The molecule has 3 saturated heterocycles. The van der Waals surface area contributed by atoms with Crippen LogP contribution >= 0.6 is 0 Å². The number of carbonyl (C=O) groups is 2. The topological polar surface area (TPSA) is 178 Å². The standard InChI is InChI=1S/C42H60N2O10/c1-38-12-10-24(53-16-6-15-52-4)18-28(38)31(46)25-9-8-22-17-30-39(2)13-14-41(38,34(25)42(22,39)51)11-5-7-23-20-44(23)37(49)29-19-26-27(21-45)32(35(47)40(30,3)50)54-33(26)36(48)43-29/h22-24,26-30,32-33,35-36,43,45,47-48,50-51H,6-10,12-21H2,1-4H3. The molecule has 5 heterocycles. The number of fused-ring (bicyclic) bond motifs is 4. The largest absolute Gasteiger partial charge is 0.396 e. The van der Waals surface area contributed by atoms with Crippen LogP contribution in [-0.4, -0.2) is 130 Å². The van der Waals surface area contributed by atoms with Crippen molar-refractivity contribution in [3.8, 4) is 11.8 Å². The number of amides is 1. The van der Waals surface area contributed by atoms with Crippen LogP contribution in [0.2, 0.25) is 0 Å². The summed E-state index contributed by atoms with van der Waals surface area (Å²) >= 11 is 0. The number of Topliss-reactive ketones (excluding diaryl/α,β-unsaturated/α-hetero) is 1. The molecule has 5 aliphatic carbocycles. The molecule has 12 nitrogen and oxygen atoms in total. The molecule has 6 N–H and O–H groups in total. The highest BCUT2D eigenvalue weighted by molar-refractivity contribution is 6.01. The van der Waals surface area contributed by atoms with E-state index in [4.69, 9.17) is 14.2 Å². The van der Waals surface area contributed by atoms with Gasteiger partial charge >= 0.3 is 0 Å². The predicted octanol–water partition coefficient (Wildman–Crippen LogP) is 1.44. The van der Waals surface area contributed by atoms with Gasteiger partial charge in [0.1, 0.15) is 18.4 Å². The summed E-state index contributed by atoms with van der Waals surface area (Å²) in [5.41, 5.74) is -4.01. The lowest BCUT2D eigenvalue weighted by atomic mass is 9.37. The number of methoxy groups -OCH3 is 1. The Kier molecular flexibility index (Phi) is 8.92. The van der Waals surface area contributed by atoms with Gasteiger partial charge in [-0.05, 0) is 105 Å². The minimum Gasteiger partial charge on any atom is -0.396 e. The van der Waals surface area contributed by atoms with Gasteiger partial charge in [-0.2, -0.15) is 0 Å². The second kappa shape index (κ2) is 12.8. The highest BCUT2D eigenvalue weighted by Gasteiger charge is 2.78. The van der Waals surface area contributed by atoms with Gasteiger partial charge in [0.2, 0.25) is 5.91 Å². The summed E-state index contributed by atoms with van der Waals surface area (Å²) in [5, 5.41) is 63.7. The third kappa shape index (κ3) is 4.89. The lowest BCUT2D eigenvalue weighted by molar-refractivity contribution is -0.209. The number of hydrogen-bond acceptors (Lipinski definition) is 11. The van der Waals surface area contributed by atoms with Gasteiger partial charge in [0.25, 0.3) is 0 Å². The molecule has 54 heavy (non-hydrogen) atoms. The van der Waals surface area contributed by atoms with Gasteiger partial charge in [-0.15, -0.1) is 5.92 Å². The molecule has 7 bridgehead atoms. The quantitative estimate of drug-likeness (QED) is 0.132. The van der Waals surface area contributed by atoms with E-state index in [2.05, 4.69) is 24.1 Å². The first-order valence-corrected chi connectivity index (χ1v) is 20.7. The number of rotatable bonds is 6. The molecule has 0 aromatic rings. The second-order valence-electron chi connectivity index (χ2n) is 19.2. The molecule has 1 spiro atoms. The van der Waals surface area contributed by atoms with E-state index in [1.807, 2.05) is 6.92 Å². The molecule has 6 fully saturated rings. The van der Waals surface area contributed by atoms with E-state index in [1.165, 1.54) is 0 Å². The van der Waals surface area contributed by atoms with E-state index in [-0.39, 0.29) is 42.3 Å². The molecule has 5 aliphatic heterocycles. The van der Waals surface area contributed by atoms with Crippen LogP contribution < -0.4 is 5.32 Å². The summed E-state index contributed by atoms with van der Waals surface area (Å²) in [6.45, 7) is 7.27. The van der Waals surface area contributed by atoms with Crippen LogP contribution in [-0.2, 0) is 23.8 Å². The Labute approximate surface area is 318 Å². The van der Waals surface area contributed by atoms with Crippen LogP contribution in [0, 0.1) is 57.7 Å². The van der Waals surface area contributed by atoms with Crippen LogP contribution in [0.15, 0.2) is 11.1 Å². The summed E-state index contributed by atoms with van der Waals surface area (Å²) in [4.78, 5) is 30.6. The van der Waals surface area contributed by atoms with Crippen LogP contribution in [0.25, 0.3) is 0 Å². The average molecular weight is 753 g/mol. The first-order valence-electron chi connectivity index (χ1n) is 20.7. The molecule has 10 rings (SSSR count). The minimum atomic E-state index is -1.77. The third-order valence-corrected chi connectivity index (χ3v) is 17.0. The van der Waals surface area contributed by atoms with E-state index in [0.717, 1.165) is 24.8 Å². The van der Waals surface area contributed by atoms with Gasteiger partial charge in [-0.25, -0.2) is 0 Å². The second-order valence-corrected chi connectivity index (χ2v) is 19.2. The van der Waals surface area contributed by atoms with Gasteiger partial charge in [0.05, 0.1) is 40.9 Å². The lowest BCUT2D eigenvalue weighted by Crippen LogP contribution is -2.69. The molecule has 1 amide bonds. The summed E-state index contributed by atoms with van der Waals surface area (Å²) in [7, 11) is 1.68. The number of carbonyl (C=O) groups excluding carboxylic acids is 2. The van der Waals surface area contributed by atoms with Crippen molar-refractivity contribution >= 4 is 11.7 Å². The van der Waals surface area contributed by atoms with Gasteiger partial charge in [-0.3, -0.25) is 14.9 Å². The van der Waals surface area contributed by atoms with E-state index < -0.39 is 75.8 Å². The molecular formula is C42H60N2O10. The fourth-order valence-corrected chi connectivity index (χ4v) is 14.0. The highest BCUT2D eigenvalue weighted by atomic mass is 16.5. The van der Waals surface area contributed by atoms with Gasteiger partial charge in [0, 0.05) is 57.1 Å². The van der Waals surface area contributed by atoms with Gasteiger partial charge in [-0.1, -0.05) is 19.8 Å². The number of ketones is 1. The molecule has 12 heteroatoms. The van der Waals surface area contributed by atoms with Crippen molar-refractivity contribution in [3.63, 3.8) is 0 Å². The molecule has 10 aliphatic rings. The zero-order valence-corrected chi connectivity index (χ0v) is 32.3. The first kappa shape index (κ1) is 37.6. The summed E-state index contributed by atoms with van der Waals surface area (Å²) in [6.07, 6.45) is 1.87. The van der Waals surface area contributed by atoms with Crippen LogP contribution in [0.1, 0.15) is 91.4 Å². The molecule has 17 atom stereocenters. The summed E-state index contributed by atoms with van der Waals surface area (Å²) in [6, 6.07) is -0.770. The van der Waals surface area contributed by atoms with E-state index in [1.54, 1.807) is 18.9 Å². The van der Waals surface area contributed by atoms with E-state index in [0.29, 0.717) is 76.7 Å². The van der Waals surface area contributed by atoms with E-state index >= 15 is 0 Å². The maximum atomic E-state index is 15.0. The zero-order valence-electron chi connectivity index (χ0n) is 32.3. The molecule has 0 aromatic carbocycles. The number of nitrogens with zero attached hydrogens (tertiary/aromatic N) is 1. The first-order chi connectivity index (χ1) is 25.7. The fraction of sp³-hybridized carbons (Fsp3) is 0.857. The molecule has 0 radical (unpaired) electrons. The Balaban J connectivity index is 1.17. The van der Waals surface area contributed by atoms with Crippen molar-refractivity contribution in [3.05, 3.63) is 11.1 Å². The molecular weight excluding hydrogens is 692 g/mol. The predicted molar refractivity (Wildman–Crippen MR) is 194 cm³/mol. The summed E-state index contributed by atoms with van der Waals surface area (Å²) in [5.74, 6) is 5.14. The van der Waals surface area contributed by atoms with Gasteiger partial charge in [0.15, 0.2) is 5.78 Å². The van der Waals surface area contributed by atoms with Crippen LogP contribution in [0.4, 0.5) is 0 Å². The Bertz CT molecular complexity index is 1670. The zero-order chi connectivity index (χ0) is 38.2. The number of hydrogen-bond donors (Lipinski definition) is 6. The molecule has 298 valence electrons. The van der Waals surface area contributed by atoms with Crippen molar-refractivity contribution < 1.29 is 49.3 Å². The number of nitrogens with one attached hydrogen (secondary N) is 1. The van der Waals surface area contributed by atoms with Crippen molar-refractivity contribution in [2.45, 2.75) is 145 Å². The Hall–Kier alpha value is -1.92. The maximum Gasteiger partial charge on any atom is 0.240 e. The number of piperidine rings is 1. The van der Waals surface area contributed by atoms with Crippen molar-refractivity contribution in [1.29, 1.82) is 0 Å². The summed E-state index contributed by atoms with van der Waals surface area (Å²) < 4.78 is 17.9. The average Bonchev–Trinajstić information content (AvgIpc) is 3.74. The van der Waals surface area contributed by atoms with E-state index in [9.17, 15) is 35.1 Å². The van der Waals surface area contributed by atoms with Crippen molar-refractivity contribution in [2.75, 3.05) is 33.5 Å². The fourth-order valence-electron chi connectivity index (χ4n) is 14.0. The molecule has 0 aromatic heterocycles. The van der Waals surface area contributed by atoms with Gasteiger partial charge < -0.3 is 44.6 Å². The minimum absolute atomic E-state index is 0.0520. The lowest BCUT2D eigenvalue weighted by Gasteiger charge is -2.67. The Morgan fingerprint density at radius 1 is 1.00 bits per heavy atom. The van der Waals surface area contributed by atoms with Crippen molar-refractivity contribution in [1.82, 2.24) is 10.2 Å². The van der Waals surface area contributed by atoms with Crippen LogP contribution in [0.3, 0.4) is 0 Å². The SMILES string of the molecule is COCCCOC1CCC2(C)C(C1)C(=O)C1=C3C24C#CCC2CN2C(=O)C2CC5C(CO)C(OC5C(O)N2)C(O)C(C)(O)C2CC(CC1)C3(O)C2(C)CC4. The number of allylic oxidation sites excluding steroid dienone is 1. The number of aliphatic hydroxyl groups is 5. The smallest absolute Gasteiger partial charge is 0.240 e. The third-order valence-electron chi connectivity index (χ3n) is 17.0. The normalized spacial score (nSPS) is 53.1. The van der Waals surface area contributed by atoms with Crippen molar-refractivity contribution in [2.24, 2.45) is 45.8 Å². The van der Waals surface area contributed by atoms with Crippen LogP contribution in [0.5, 0.6) is 0 Å². The molecule has 17 unspecified atom stereocenters. The number of ether oxygens (including phenoxy) is 3. The Morgan fingerprint density at radius 3 is 2.56 bits per heavy atom. The monoisotopic (exact) mass is 752 g/mol.